The van der Waals surface area contributed by atoms with Gasteiger partial charge in [-0.05, 0) is 25.5 Å². The molecular weight excluding hydrogens is 275 g/mol. The van der Waals surface area contributed by atoms with Crippen LogP contribution in [0.2, 0.25) is 0 Å². The number of carbonyl (C=O) groups excluding carboxylic acids is 1. The Hall–Kier alpha value is -2.23. The number of nitriles is 1. The Morgan fingerprint density at radius 2 is 2.05 bits per heavy atom. The maximum atomic E-state index is 12.4. The molecule has 0 radical (unpaired) electrons. The molecule has 0 atom stereocenters. The molecule has 1 aromatic carbocycles. The highest BCUT2D eigenvalue weighted by Gasteiger charge is 2.33. The Morgan fingerprint density at radius 1 is 1.40 bits per heavy atom. The first-order valence-corrected chi connectivity index (χ1v) is 5.71. The van der Waals surface area contributed by atoms with Crippen molar-refractivity contribution in [2.75, 3.05) is 6.61 Å². The van der Waals surface area contributed by atoms with Crippen LogP contribution in [-0.4, -0.2) is 18.9 Å². The molecule has 0 aromatic heterocycles. The average molecular weight is 287 g/mol. The summed E-state index contributed by atoms with van der Waals surface area (Å²) in [5.74, 6) is -1.34. The minimum Gasteiger partial charge on any atom is -0.466 e. The second-order valence-electron chi connectivity index (χ2n) is 3.94. The Kier molecular flexibility index (Phi) is 4.97. The number of esters is 1. The molecule has 0 saturated carbocycles. The molecule has 20 heavy (non-hydrogen) atoms. The van der Waals surface area contributed by atoms with Gasteiger partial charge in [0.2, 0.25) is 0 Å². The number of alkyl halides is 3. The Labute approximate surface area is 113 Å². The summed E-state index contributed by atoms with van der Waals surface area (Å²) in [6.45, 7) is 3.31. The normalized spacial score (nSPS) is 10.8. The SMILES string of the molecule is CCOC(=O)Cc1cc(C)cc(C#N)c1OC(F)(F)F. The van der Waals surface area contributed by atoms with Crippen LogP contribution >= 0.6 is 0 Å². The first-order chi connectivity index (χ1) is 9.26. The monoisotopic (exact) mass is 287 g/mol. The van der Waals surface area contributed by atoms with E-state index in [0.29, 0.717) is 5.56 Å². The first-order valence-electron chi connectivity index (χ1n) is 5.71. The van der Waals surface area contributed by atoms with Gasteiger partial charge in [0.1, 0.15) is 6.07 Å². The fraction of sp³-hybridized carbons (Fsp3) is 0.385. The van der Waals surface area contributed by atoms with E-state index in [0.717, 1.165) is 0 Å². The van der Waals surface area contributed by atoms with Crippen LogP contribution in [0.4, 0.5) is 13.2 Å². The topological polar surface area (TPSA) is 59.3 Å². The number of rotatable bonds is 4. The van der Waals surface area contributed by atoms with Gasteiger partial charge in [-0.25, -0.2) is 0 Å². The largest absolute Gasteiger partial charge is 0.573 e. The molecule has 0 unspecified atom stereocenters. The zero-order valence-electron chi connectivity index (χ0n) is 10.9. The predicted octanol–water partition coefficient (Wildman–Crippen LogP) is 2.87. The lowest BCUT2D eigenvalue weighted by molar-refractivity contribution is -0.275. The number of halogens is 3. The fourth-order valence-corrected chi connectivity index (χ4v) is 1.67. The van der Waals surface area contributed by atoms with Crippen molar-refractivity contribution >= 4 is 5.97 Å². The third-order valence-electron chi connectivity index (χ3n) is 2.29. The minimum atomic E-state index is -4.94. The van der Waals surface area contributed by atoms with Crippen LogP contribution in [0.5, 0.6) is 5.75 Å². The molecule has 0 heterocycles. The van der Waals surface area contributed by atoms with Gasteiger partial charge >= 0.3 is 12.3 Å². The van der Waals surface area contributed by atoms with Crippen molar-refractivity contribution in [3.05, 3.63) is 28.8 Å². The summed E-state index contributed by atoms with van der Waals surface area (Å²) in [5.41, 5.74) is 0.245. The lowest BCUT2D eigenvalue weighted by Crippen LogP contribution is -2.20. The molecule has 0 aliphatic heterocycles. The van der Waals surface area contributed by atoms with Gasteiger partial charge in [-0.1, -0.05) is 6.07 Å². The van der Waals surface area contributed by atoms with E-state index >= 15 is 0 Å². The maximum Gasteiger partial charge on any atom is 0.573 e. The van der Waals surface area contributed by atoms with Gasteiger partial charge < -0.3 is 9.47 Å². The van der Waals surface area contributed by atoms with Crippen LogP contribution in [-0.2, 0) is 16.0 Å². The van der Waals surface area contributed by atoms with Gasteiger partial charge in [0.05, 0.1) is 18.6 Å². The number of nitrogens with zero attached hydrogens (tertiary/aromatic N) is 1. The molecule has 0 spiro atoms. The molecule has 0 N–H and O–H groups in total. The number of hydrogen-bond donors (Lipinski definition) is 0. The highest BCUT2D eigenvalue weighted by Crippen LogP contribution is 2.31. The molecule has 0 amide bonds. The van der Waals surface area contributed by atoms with Crippen molar-refractivity contribution in [3.63, 3.8) is 0 Å². The maximum absolute atomic E-state index is 12.4. The minimum absolute atomic E-state index is 0.0303. The highest BCUT2D eigenvalue weighted by molar-refractivity contribution is 5.74. The van der Waals surface area contributed by atoms with Gasteiger partial charge in [0.15, 0.2) is 5.75 Å². The molecule has 0 aliphatic rings. The summed E-state index contributed by atoms with van der Waals surface area (Å²) < 4.78 is 45.7. The second kappa shape index (κ2) is 6.28. The van der Waals surface area contributed by atoms with E-state index < -0.39 is 24.5 Å². The molecule has 1 aromatic rings. The zero-order chi connectivity index (χ0) is 15.3. The second-order valence-corrected chi connectivity index (χ2v) is 3.94. The van der Waals surface area contributed by atoms with Crippen LogP contribution in [0.25, 0.3) is 0 Å². The number of benzene rings is 1. The lowest BCUT2D eigenvalue weighted by atomic mass is 10.0. The Bertz CT molecular complexity index is 547. The van der Waals surface area contributed by atoms with Crippen LogP contribution in [0.3, 0.4) is 0 Å². The summed E-state index contributed by atoms with van der Waals surface area (Å²) in [5, 5.41) is 8.89. The average Bonchev–Trinajstić information content (AvgIpc) is 2.31. The molecule has 108 valence electrons. The summed E-state index contributed by atoms with van der Waals surface area (Å²) in [6.07, 6.45) is -5.33. The van der Waals surface area contributed by atoms with Gasteiger partial charge in [-0.2, -0.15) is 5.26 Å². The van der Waals surface area contributed by atoms with Crippen molar-refractivity contribution in [3.8, 4) is 11.8 Å². The summed E-state index contributed by atoms with van der Waals surface area (Å²) in [6, 6.07) is 4.25. The van der Waals surface area contributed by atoms with Gasteiger partial charge in [-0.15, -0.1) is 13.2 Å². The van der Waals surface area contributed by atoms with Gasteiger partial charge in [0, 0.05) is 5.56 Å². The number of ether oxygens (including phenoxy) is 2. The first kappa shape index (κ1) is 15.8. The quantitative estimate of drug-likeness (QED) is 0.799. The molecule has 0 bridgehead atoms. The summed E-state index contributed by atoms with van der Waals surface area (Å²) in [7, 11) is 0. The van der Waals surface area contributed by atoms with E-state index in [1.165, 1.54) is 12.1 Å². The lowest BCUT2D eigenvalue weighted by Gasteiger charge is -2.15. The van der Waals surface area contributed by atoms with Gasteiger partial charge in [-0.3, -0.25) is 4.79 Å². The van der Waals surface area contributed by atoms with Crippen LogP contribution in [0.15, 0.2) is 12.1 Å². The molecule has 0 aliphatic carbocycles. The summed E-state index contributed by atoms with van der Waals surface area (Å²) >= 11 is 0. The number of carbonyl (C=O) groups is 1. The standard InChI is InChI=1S/C13H12F3NO3/c1-3-19-11(18)6-9-4-8(2)5-10(7-17)12(9)20-13(14,15)16/h4-5H,3,6H2,1-2H3. The van der Waals surface area contributed by atoms with E-state index in [1.54, 1.807) is 19.9 Å². The fourth-order valence-electron chi connectivity index (χ4n) is 1.67. The molecule has 4 nitrogen and oxygen atoms in total. The van der Waals surface area contributed by atoms with Crippen molar-refractivity contribution < 1.29 is 27.4 Å². The number of hydrogen-bond acceptors (Lipinski definition) is 4. The van der Waals surface area contributed by atoms with Crippen LogP contribution in [0, 0.1) is 18.3 Å². The van der Waals surface area contributed by atoms with Crippen molar-refractivity contribution in [1.82, 2.24) is 0 Å². The van der Waals surface area contributed by atoms with Gasteiger partial charge in [0.25, 0.3) is 0 Å². The van der Waals surface area contributed by atoms with E-state index in [4.69, 9.17) is 5.26 Å². The molecule has 0 saturated heterocycles. The molecule has 0 fully saturated rings. The molecule has 7 heteroatoms. The van der Waals surface area contributed by atoms with E-state index in [1.807, 2.05) is 0 Å². The third-order valence-corrected chi connectivity index (χ3v) is 2.29. The van der Waals surface area contributed by atoms with Crippen LogP contribution < -0.4 is 4.74 Å². The Morgan fingerprint density at radius 3 is 2.55 bits per heavy atom. The molecule has 1 rings (SSSR count). The van der Waals surface area contributed by atoms with E-state index in [-0.39, 0.29) is 17.7 Å². The smallest absolute Gasteiger partial charge is 0.466 e. The van der Waals surface area contributed by atoms with E-state index in [2.05, 4.69) is 9.47 Å². The highest BCUT2D eigenvalue weighted by atomic mass is 19.4. The molecular formula is C13H12F3NO3. The van der Waals surface area contributed by atoms with Crippen molar-refractivity contribution in [1.29, 1.82) is 5.26 Å². The van der Waals surface area contributed by atoms with Crippen LogP contribution in [0.1, 0.15) is 23.6 Å². The predicted molar refractivity (Wildman–Crippen MR) is 62.9 cm³/mol. The van der Waals surface area contributed by atoms with Crippen molar-refractivity contribution in [2.45, 2.75) is 26.6 Å². The number of aryl methyl sites for hydroxylation is 1. The van der Waals surface area contributed by atoms with E-state index in [9.17, 15) is 18.0 Å². The third kappa shape index (κ3) is 4.46. The summed E-state index contributed by atoms with van der Waals surface area (Å²) in [4.78, 5) is 11.4. The van der Waals surface area contributed by atoms with Crippen molar-refractivity contribution in [2.24, 2.45) is 0 Å². The Balaban J connectivity index is 3.23. The zero-order valence-corrected chi connectivity index (χ0v) is 10.9.